The first-order valence-corrected chi connectivity index (χ1v) is 25.1. The number of aryl methyl sites for hydroxylation is 1. The fourth-order valence-electron chi connectivity index (χ4n) is 9.57. The summed E-state index contributed by atoms with van der Waals surface area (Å²) in [6.07, 6.45) is 12.5. The third kappa shape index (κ3) is 5.77. The van der Waals surface area contributed by atoms with Crippen LogP contribution in [0.5, 0.6) is 11.5 Å². The van der Waals surface area contributed by atoms with Gasteiger partial charge >= 0.3 is 327 Å². The van der Waals surface area contributed by atoms with Crippen LogP contribution in [-0.4, -0.2) is 6.54 Å². The second-order valence-electron chi connectivity index (χ2n) is 18.6. The van der Waals surface area contributed by atoms with Crippen molar-refractivity contribution in [2.75, 3.05) is 16.3 Å². The van der Waals surface area contributed by atoms with E-state index in [1.807, 2.05) is 0 Å². The average molecular weight is 868 g/mol. The van der Waals surface area contributed by atoms with E-state index in [9.17, 15) is 0 Å². The van der Waals surface area contributed by atoms with E-state index in [1.54, 1.807) is 0 Å². The van der Waals surface area contributed by atoms with Crippen LogP contribution >= 0.6 is 0 Å². The standard InChI is InChI=1S/C52H58IN3O/c1-11-53-47-43(54(12-2)41-23-15-13-19-35(41)3)25-18-26-44(47)57-45-28-27-40-39-22-14-16-24-42(39)56(49(40)48(45)53)46-34-38(29-32-55(46)53)52(9,10)31-30-51(7,8)37-21-17-20-36(33-37)50(4,5)6/h11,13-21,23-29,32-34,39H,1,12,22,30-31H2,2-10H3. The number of rotatable bonds is 9. The maximum absolute atomic E-state index is 7.05. The zero-order valence-corrected chi connectivity index (χ0v) is 37.4. The Morgan fingerprint density at radius 2 is 1.49 bits per heavy atom. The number of fused-ring (bicyclic) bond motifs is 8. The quantitative estimate of drug-likeness (QED) is 0.138. The summed E-state index contributed by atoms with van der Waals surface area (Å²) >= 11 is -3.66. The summed E-state index contributed by atoms with van der Waals surface area (Å²) in [5.74, 6) is 3.49. The first-order chi connectivity index (χ1) is 27.2. The van der Waals surface area contributed by atoms with Gasteiger partial charge in [0.1, 0.15) is 0 Å². The number of pyridine rings is 1. The molecule has 1 aliphatic carbocycles. The van der Waals surface area contributed by atoms with Crippen LogP contribution in [0.4, 0.5) is 22.9 Å². The van der Waals surface area contributed by atoms with Crippen LogP contribution in [0.3, 0.4) is 0 Å². The normalized spacial score (nSPS) is 20.0. The van der Waals surface area contributed by atoms with E-state index in [4.69, 9.17) is 11.3 Å². The molecule has 3 aliphatic heterocycles. The Balaban J connectivity index is 1.22. The molecule has 0 saturated carbocycles. The molecule has 4 heterocycles. The first-order valence-electron chi connectivity index (χ1n) is 20.8. The van der Waals surface area contributed by atoms with Gasteiger partial charge in [-0.3, -0.25) is 0 Å². The summed E-state index contributed by atoms with van der Waals surface area (Å²) < 4.78 is 14.8. The Labute approximate surface area is 345 Å². The molecular weight excluding hydrogens is 809 g/mol. The van der Waals surface area contributed by atoms with Crippen LogP contribution in [0.1, 0.15) is 108 Å². The van der Waals surface area contributed by atoms with Gasteiger partial charge in [-0.1, -0.05) is 20.8 Å². The van der Waals surface area contributed by atoms with E-state index in [2.05, 4.69) is 194 Å². The molecule has 0 amide bonds. The summed E-state index contributed by atoms with van der Waals surface area (Å²) in [6, 6.07) is 34.3. The molecular formula is C52H58IN3O. The maximum atomic E-state index is 7.05. The van der Waals surface area contributed by atoms with Crippen molar-refractivity contribution >= 4 is 22.9 Å². The number of hydrogen-bond donors (Lipinski definition) is 0. The summed E-state index contributed by atoms with van der Waals surface area (Å²) in [6.45, 7) is 26.8. The van der Waals surface area contributed by atoms with Gasteiger partial charge in [-0.2, -0.15) is 0 Å². The Hall–Kier alpha value is -4.62. The molecule has 2 atom stereocenters. The molecule has 5 aromatic rings. The van der Waals surface area contributed by atoms with E-state index < -0.39 is 18.7 Å². The molecule has 0 bridgehead atoms. The number of benzene rings is 4. The van der Waals surface area contributed by atoms with E-state index >= 15 is 0 Å². The molecule has 1 aromatic heterocycles. The molecule has 4 aliphatic rings. The van der Waals surface area contributed by atoms with Crippen LogP contribution in [0.2, 0.25) is 0 Å². The molecule has 2 unspecified atom stereocenters. The van der Waals surface area contributed by atoms with E-state index in [0.29, 0.717) is 5.92 Å². The predicted molar refractivity (Wildman–Crippen MR) is 234 cm³/mol. The molecule has 0 N–H and O–H groups in total. The fourth-order valence-corrected chi connectivity index (χ4v) is 19.1. The van der Waals surface area contributed by atoms with E-state index in [0.717, 1.165) is 37.3 Å². The number of ether oxygens (including phenoxy) is 1. The van der Waals surface area contributed by atoms with Gasteiger partial charge in [0.05, 0.1) is 0 Å². The number of hydrogen-bond acceptors (Lipinski definition) is 3. The van der Waals surface area contributed by atoms with Crippen molar-refractivity contribution in [3.8, 4) is 11.5 Å². The van der Waals surface area contributed by atoms with Crippen molar-refractivity contribution in [3.05, 3.63) is 167 Å². The molecule has 5 heteroatoms. The second-order valence-corrected chi connectivity index (χ2v) is 26.0. The minimum atomic E-state index is -3.66. The van der Waals surface area contributed by atoms with Crippen molar-refractivity contribution in [1.29, 1.82) is 0 Å². The van der Waals surface area contributed by atoms with Crippen LogP contribution < -0.4 is 36.0 Å². The van der Waals surface area contributed by atoms with Crippen LogP contribution in [-0.2, 0) is 16.2 Å². The minimum absolute atomic E-state index is 0.0411. The SMILES string of the molecule is C=C[I-]12c3c(cccc3N(CC)c3ccccc3C)Oc3ccc4c(c31)N(C1=CC=CCC14)c1cc(C(C)(C)CCC(C)(C)c3cccc(C(C)(C)C)c3)cc[n+]12. The van der Waals surface area contributed by atoms with Gasteiger partial charge in [0.25, 0.3) is 0 Å². The summed E-state index contributed by atoms with van der Waals surface area (Å²) in [4.78, 5) is 5.10. The summed E-state index contributed by atoms with van der Waals surface area (Å²) in [5, 5.41) is 0. The molecule has 0 spiro atoms. The van der Waals surface area contributed by atoms with Crippen molar-refractivity contribution in [2.45, 2.75) is 104 Å². The van der Waals surface area contributed by atoms with Gasteiger partial charge in [0.15, 0.2) is 0 Å². The molecule has 4 nitrogen and oxygen atoms in total. The Morgan fingerprint density at radius 3 is 2.21 bits per heavy atom. The molecule has 0 radical (unpaired) electrons. The Bertz CT molecular complexity index is 2520. The first kappa shape index (κ1) is 37.9. The summed E-state index contributed by atoms with van der Waals surface area (Å²) in [5.41, 5.74) is 12.1. The molecule has 294 valence electrons. The molecule has 0 saturated heterocycles. The topological polar surface area (TPSA) is 19.6 Å². The molecule has 57 heavy (non-hydrogen) atoms. The van der Waals surface area contributed by atoms with Crippen LogP contribution in [0.25, 0.3) is 0 Å². The van der Waals surface area contributed by atoms with Gasteiger partial charge in [-0.05, 0) is 0 Å². The number of para-hydroxylation sites is 1. The Morgan fingerprint density at radius 1 is 0.807 bits per heavy atom. The number of halogens is 1. The van der Waals surface area contributed by atoms with E-state index in [-0.39, 0.29) is 16.2 Å². The average Bonchev–Trinajstić information content (AvgIpc) is 3.55. The zero-order valence-electron chi connectivity index (χ0n) is 35.3. The zero-order chi connectivity index (χ0) is 40.1. The van der Waals surface area contributed by atoms with Crippen molar-refractivity contribution in [1.82, 2.24) is 0 Å². The van der Waals surface area contributed by atoms with Crippen molar-refractivity contribution < 1.29 is 26.2 Å². The number of allylic oxidation sites excluding steroid dienone is 4. The second kappa shape index (κ2) is 13.5. The molecule has 4 aromatic carbocycles. The van der Waals surface area contributed by atoms with Gasteiger partial charge in [-0.15, -0.1) is 0 Å². The summed E-state index contributed by atoms with van der Waals surface area (Å²) in [7, 11) is 0. The third-order valence-electron chi connectivity index (χ3n) is 13.1. The number of aromatic nitrogens is 1. The van der Waals surface area contributed by atoms with Crippen molar-refractivity contribution in [3.63, 3.8) is 0 Å². The predicted octanol–water partition coefficient (Wildman–Crippen LogP) is 10.1. The fraction of sp³-hybridized carbons (Fsp3) is 0.327. The van der Waals surface area contributed by atoms with Gasteiger partial charge in [0, 0.05) is 0 Å². The van der Waals surface area contributed by atoms with Crippen LogP contribution in [0, 0.1) is 14.1 Å². The number of nitrogens with zero attached hydrogens (tertiary/aromatic N) is 3. The van der Waals surface area contributed by atoms with Crippen molar-refractivity contribution in [2.24, 2.45) is 0 Å². The van der Waals surface area contributed by atoms with E-state index in [1.165, 1.54) is 63.5 Å². The molecule has 9 rings (SSSR count). The third-order valence-corrected chi connectivity index (χ3v) is 22.3. The molecule has 0 fully saturated rings. The van der Waals surface area contributed by atoms with Gasteiger partial charge < -0.3 is 0 Å². The number of anilines is 4. The van der Waals surface area contributed by atoms with Gasteiger partial charge in [-0.25, -0.2) is 0 Å². The monoisotopic (exact) mass is 867 g/mol. The van der Waals surface area contributed by atoms with Crippen LogP contribution in [0.15, 0.2) is 132 Å². The Kier molecular flexibility index (Phi) is 8.97. The van der Waals surface area contributed by atoms with Gasteiger partial charge in [0.2, 0.25) is 0 Å².